The van der Waals surface area contributed by atoms with E-state index in [1.165, 1.54) is 0 Å². The van der Waals surface area contributed by atoms with Gasteiger partial charge in [0.2, 0.25) is 0 Å². The molecule has 0 saturated heterocycles. The smallest absolute Gasteiger partial charge is 0.159 e. The molecule has 0 aromatic heterocycles. The van der Waals surface area contributed by atoms with Gasteiger partial charge in [0, 0.05) is 0 Å². The van der Waals surface area contributed by atoms with E-state index in [2.05, 4.69) is 0 Å². The zero-order valence-corrected chi connectivity index (χ0v) is 9.81. The molecule has 0 spiro atoms. The van der Waals surface area contributed by atoms with Crippen LogP contribution in [0.3, 0.4) is 0 Å². The van der Waals surface area contributed by atoms with Crippen molar-refractivity contribution in [2.75, 3.05) is 0 Å². The first-order valence-corrected chi connectivity index (χ1v) is 5.23. The minimum absolute atomic E-state index is 0.216. The van der Waals surface area contributed by atoms with Gasteiger partial charge in [-0.25, -0.2) is 8.78 Å². The van der Waals surface area contributed by atoms with E-state index in [1.54, 1.807) is 13.8 Å². The molecule has 2 rings (SSSR count). The number of hydrogen-bond donors (Lipinski definition) is 0. The number of hydrogen-bond acceptors (Lipinski definition) is 2. The van der Waals surface area contributed by atoms with Crippen molar-refractivity contribution in [2.45, 2.75) is 13.8 Å². The van der Waals surface area contributed by atoms with E-state index in [1.807, 2.05) is 12.1 Å². The Labute approximate surface area is 103 Å². The van der Waals surface area contributed by atoms with Crippen molar-refractivity contribution in [2.24, 2.45) is 0 Å². The molecule has 4 heteroatoms. The Bertz CT molecular complexity index is 685. The van der Waals surface area contributed by atoms with Gasteiger partial charge in [0.25, 0.3) is 0 Å². The summed E-state index contributed by atoms with van der Waals surface area (Å²) < 4.78 is 26.5. The van der Waals surface area contributed by atoms with E-state index >= 15 is 0 Å². The van der Waals surface area contributed by atoms with E-state index in [0.717, 1.165) is 12.1 Å². The van der Waals surface area contributed by atoms with Crippen molar-refractivity contribution in [3.63, 3.8) is 0 Å². The quantitative estimate of drug-likeness (QED) is 0.710. The monoisotopic (exact) mass is 242 g/mol. The lowest BCUT2D eigenvalue weighted by Gasteiger charge is -2.11. The van der Waals surface area contributed by atoms with E-state index in [9.17, 15) is 8.78 Å². The Morgan fingerprint density at radius 1 is 0.833 bits per heavy atom. The van der Waals surface area contributed by atoms with Crippen LogP contribution in [0.5, 0.6) is 0 Å². The molecule has 0 amide bonds. The molecule has 2 aromatic rings. The van der Waals surface area contributed by atoms with Crippen molar-refractivity contribution in [3.05, 3.63) is 46.0 Å². The van der Waals surface area contributed by atoms with Gasteiger partial charge >= 0.3 is 0 Å². The first-order valence-electron chi connectivity index (χ1n) is 5.23. The molecular weight excluding hydrogens is 234 g/mol. The Morgan fingerprint density at radius 3 is 1.44 bits per heavy atom. The summed E-state index contributed by atoms with van der Waals surface area (Å²) in [6, 6.07) is 6.02. The van der Waals surface area contributed by atoms with Crippen LogP contribution in [0.25, 0.3) is 10.8 Å². The molecule has 88 valence electrons. The summed E-state index contributed by atoms with van der Waals surface area (Å²) in [6.45, 7) is 3.25. The molecule has 0 bridgehead atoms. The summed E-state index contributed by atoms with van der Waals surface area (Å²) >= 11 is 0. The summed E-state index contributed by atoms with van der Waals surface area (Å²) in [5.41, 5.74) is 1.42. The van der Waals surface area contributed by atoms with Crippen molar-refractivity contribution in [1.29, 1.82) is 10.5 Å². The van der Waals surface area contributed by atoms with Gasteiger partial charge in [0.15, 0.2) is 11.6 Å². The second-order valence-electron chi connectivity index (χ2n) is 4.04. The molecule has 0 radical (unpaired) electrons. The first kappa shape index (κ1) is 12.0. The number of rotatable bonds is 0. The molecule has 18 heavy (non-hydrogen) atoms. The van der Waals surface area contributed by atoms with Gasteiger partial charge in [-0.15, -0.1) is 0 Å². The predicted molar refractivity (Wildman–Crippen MR) is 62.8 cm³/mol. The molecule has 0 saturated carbocycles. The maximum Gasteiger partial charge on any atom is 0.159 e. The predicted octanol–water partition coefficient (Wildman–Crippen LogP) is 3.48. The summed E-state index contributed by atoms with van der Waals surface area (Å²) in [7, 11) is 0. The average molecular weight is 242 g/mol. The van der Waals surface area contributed by atoms with Gasteiger partial charge in [-0.3, -0.25) is 0 Å². The molecule has 0 aliphatic heterocycles. The fraction of sp³-hybridized carbons (Fsp3) is 0.143. The maximum atomic E-state index is 13.3. The largest absolute Gasteiger partial charge is 0.204 e. The molecule has 0 N–H and O–H groups in total. The highest BCUT2D eigenvalue weighted by atomic mass is 19.2. The van der Waals surface area contributed by atoms with Gasteiger partial charge in [-0.2, -0.15) is 10.5 Å². The minimum Gasteiger partial charge on any atom is -0.204 e. The normalized spacial score (nSPS) is 10.1. The Hall–Kier alpha value is -2.46. The third-order valence-corrected chi connectivity index (χ3v) is 3.09. The van der Waals surface area contributed by atoms with Crippen LogP contribution in [0.4, 0.5) is 8.78 Å². The van der Waals surface area contributed by atoms with Gasteiger partial charge in [0.05, 0.1) is 11.1 Å². The van der Waals surface area contributed by atoms with Crippen molar-refractivity contribution in [3.8, 4) is 12.1 Å². The van der Waals surface area contributed by atoms with Crippen LogP contribution in [-0.2, 0) is 0 Å². The summed E-state index contributed by atoms with van der Waals surface area (Å²) in [5.74, 6) is -1.92. The Kier molecular flexibility index (Phi) is 2.73. The first-order chi connectivity index (χ1) is 8.51. The number of benzene rings is 2. The minimum atomic E-state index is -0.960. The molecule has 0 aliphatic rings. The molecular formula is C14H8F2N2. The highest BCUT2D eigenvalue weighted by Gasteiger charge is 2.16. The third-order valence-electron chi connectivity index (χ3n) is 3.09. The molecule has 0 unspecified atom stereocenters. The zero-order chi connectivity index (χ0) is 13.4. The Balaban J connectivity index is 3.09. The molecule has 0 fully saturated rings. The van der Waals surface area contributed by atoms with Crippen molar-refractivity contribution in [1.82, 2.24) is 0 Å². The van der Waals surface area contributed by atoms with Crippen LogP contribution >= 0.6 is 0 Å². The van der Waals surface area contributed by atoms with Crippen LogP contribution in [0.2, 0.25) is 0 Å². The third kappa shape index (κ3) is 1.51. The van der Waals surface area contributed by atoms with E-state index in [0.29, 0.717) is 21.9 Å². The summed E-state index contributed by atoms with van der Waals surface area (Å²) in [6.07, 6.45) is 0. The average Bonchev–Trinajstić information content (AvgIpc) is 2.35. The number of nitrogens with zero attached hydrogens (tertiary/aromatic N) is 2. The van der Waals surface area contributed by atoms with Crippen molar-refractivity contribution < 1.29 is 8.78 Å². The van der Waals surface area contributed by atoms with Crippen LogP contribution in [0, 0.1) is 48.1 Å². The molecule has 0 atom stereocenters. The highest BCUT2D eigenvalue weighted by molar-refractivity contribution is 5.92. The van der Waals surface area contributed by atoms with Crippen LogP contribution in [-0.4, -0.2) is 0 Å². The van der Waals surface area contributed by atoms with Crippen LogP contribution in [0.15, 0.2) is 12.1 Å². The second kappa shape index (κ2) is 4.09. The van der Waals surface area contributed by atoms with E-state index in [4.69, 9.17) is 10.5 Å². The second-order valence-corrected chi connectivity index (χ2v) is 4.04. The molecule has 2 nitrogen and oxygen atoms in total. The number of nitriles is 2. The molecule has 0 heterocycles. The van der Waals surface area contributed by atoms with Crippen molar-refractivity contribution >= 4 is 10.8 Å². The van der Waals surface area contributed by atoms with Gasteiger partial charge in [0.1, 0.15) is 12.1 Å². The highest BCUT2D eigenvalue weighted by Crippen LogP contribution is 2.30. The van der Waals surface area contributed by atoms with Crippen LogP contribution < -0.4 is 0 Å². The molecule has 0 aliphatic carbocycles. The lowest BCUT2D eigenvalue weighted by Crippen LogP contribution is -1.97. The number of fused-ring (bicyclic) bond motifs is 1. The number of halogens is 2. The SMILES string of the molecule is Cc1c(C#N)c(C#N)c(C)c2cc(F)c(F)cc12. The topological polar surface area (TPSA) is 47.6 Å². The Morgan fingerprint density at radius 2 is 1.17 bits per heavy atom. The summed E-state index contributed by atoms with van der Waals surface area (Å²) in [5, 5.41) is 19.1. The van der Waals surface area contributed by atoms with Gasteiger partial charge in [-0.1, -0.05) is 0 Å². The molecule has 2 aromatic carbocycles. The lowest BCUT2D eigenvalue weighted by molar-refractivity contribution is 0.511. The van der Waals surface area contributed by atoms with E-state index < -0.39 is 11.6 Å². The fourth-order valence-electron chi connectivity index (χ4n) is 2.09. The maximum absolute atomic E-state index is 13.3. The summed E-state index contributed by atoms with van der Waals surface area (Å²) in [4.78, 5) is 0. The van der Waals surface area contributed by atoms with Crippen LogP contribution in [0.1, 0.15) is 22.3 Å². The van der Waals surface area contributed by atoms with Gasteiger partial charge in [-0.05, 0) is 47.9 Å². The number of aryl methyl sites for hydroxylation is 2. The zero-order valence-electron chi connectivity index (χ0n) is 9.81. The fourth-order valence-corrected chi connectivity index (χ4v) is 2.09. The van der Waals surface area contributed by atoms with E-state index in [-0.39, 0.29) is 11.1 Å². The standard InChI is InChI=1S/C14H8F2N2/c1-7-9-3-13(15)14(16)4-10(9)8(2)12(6-18)11(7)5-17/h3-4H,1-2H3. The lowest BCUT2D eigenvalue weighted by atomic mass is 9.91. The van der Waals surface area contributed by atoms with Gasteiger partial charge < -0.3 is 0 Å².